The number of carboxylic acids is 1. The first-order chi connectivity index (χ1) is 8.78. The molecule has 0 fully saturated rings. The van der Waals surface area contributed by atoms with Gasteiger partial charge in [-0.15, -0.1) is 0 Å². The Morgan fingerprint density at radius 1 is 1.26 bits per heavy atom. The first-order valence-corrected chi connectivity index (χ1v) is 6.82. The molecule has 1 aromatic carbocycles. The first kappa shape index (κ1) is 15.7. The van der Waals surface area contributed by atoms with Crippen molar-refractivity contribution in [2.24, 2.45) is 5.92 Å². The van der Waals surface area contributed by atoms with Gasteiger partial charge < -0.3 is 10.4 Å². The van der Waals surface area contributed by atoms with Crippen LogP contribution in [0.1, 0.15) is 39.7 Å². The largest absolute Gasteiger partial charge is 0.481 e. The van der Waals surface area contributed by atoms with E-state index in [4.69, 9.17) is 5.11 Å². The second kappa shape index (κ2) is 6.71. The second-order valence-corrected chi connectivity index (χ2v) is 6.26. The third-order valence-electron chi connectivity index (χ3n) is 3.02. The molecule has 0 bridgehead atoms. The highest BCUT2D eigenvalue weighted by Gasteiger charge is 2.22. The van der Waals surface area contributed by atoms with Gasteiger partial charge in [-0.25, -0.2) is 0 Å². The van der Waals surface area contributed by atoms with Crippen LogP contribution >= 0.6 is 0 Å². The van der Waals surface area contributed by atoms with Gasteiger partial charge in [-0.1, -0.05) is 37.3 Å². The fourth-order valence-corrected chi connectivity index (χ4v) is 2.23. The van der Waals surface area contributed by atoms with Crippen molar-refractivity contribution in [3.63, 3.8) is 0 Å². The molecule has 0 amide bonds. The number of hydrogen-bond acceptors (Lipinski definition) is 2. The molecule has 1 rings (SSSR count). The number of carbonyl (C=O) groups is 1. The predicted molar refractivity (Wildman–Crippen MR) is 78.2 cm³/mol. The summed E-state index contributed by atoms with van der Waals surface area (Å²) in [6.45, 7) is 8.09. The Morgan fingerprint density at radius 2 is 1.84 bits per heavy atom. The Balaban J connectivity index is 2.72. The van der Waals surface area contributed by atoms with E-state index in [1.807, 2.05) is 18.2 Å². The van der Waals surface area contributed by atoms with Gasteiger partial charge >= 0.3 is 5.97 Å². The van der Waals surface area contributed by atoms with E-state index in [1.165, 1.54) is 5.56 Å². The maximum atomic E-state index is 11.0. The lowest BCUT2D eigenvalue weighted by Gasteiger charge is -2.30. The number of nitrogens with one attached hydrogen (secondary N) is 1. The van der Waals surface area contributed by atoms with Gasteiger partial charge in [0, 0.05) is 11.6 Å². The summed E-state index contributed by atoms with van der Waals surface area (Å²) in [5.41, 5.74) is 1.22. The topological polar surface area (TPSA) is 49.3 Å². The summed E-state index contributed by atoms with van der Waals surface area (Å²) >= 11 is 0. The minimum Gasteiger partial charge on any atom is -0.481 e. The minimum atomic E-state index is -0.728. The highest BCUT2D eigenvalue weighted by molar-refractivity contribution is 5.69. The van der Waals surface area contributed by atoms with E-state index in [0.29, 0.717) is 6.42 Å². The Kier molecular flexibility index (Phi) is 5.55. The molecule has 0 saturated heterocycles. The van der Waals surface area contributed by atoms with Crippen molar-refractivity contribution in [1.29, 1.82) is 0 Å². The zero-order chi connectivity index (χ0) is 14.5. The predicted octanol–water partition coefficient (Wildman–Crippen LogP) is 3.10. The average Bonchev–Trinajstić information content (AvgIpc) is 2.27. The highest BCUT2D eigenvalue weighted by atomic mass is 16.4. The van der Waals surface area contributed by atoms with Gasteiger partial charge in [0.2, 0.25) is 0 Å². The molecule has 3 heteroatoms. The third kappa shape index (κ3) is 6.39. The number of carboxylic acid groups (broad SMARTS) is 1. The number of aliphatic carboxylic acids is 1. The lowest BCUT2D eigenvalue weighted by Crippen LogP contribution is -2.45. The van der Waals surface area contributed by atoms with Crippen molar-refractivity contribution in [1.82, 2.24) is 5.32 Å². The lowest BCUT2D eigenvalue weighted by atomic mass is 9.94. The van der Waals surface area contributed by atoms with Crippen molar-refractivity contribution < 1.29 is 9.90 Å². The quantitative estimate of drug-likeness (QED) is 0.829. The molecule has 0 aliphatic carbocycles. The van der Waals surface area contributed by atoms with Crippen molar-refractivity contribution in [2.45, 2.75) is 52.1 Å². The normalized spacial score (nSPS) is 14.9. The number of benzene rings is 1. The van der Waals surface area contributed by atoms with Crippen LogP contribution in [0.25, 0.3) is 0 Å². The zero-order valence-electron chi connectivity index (χ0n) is 12.3. The summed E-state index contributed by atoms with van der Waals surface area (Å²) in [4.78, 5) is 11.0. The maximum absolute atomic E-state index is 11.0. The van der Waals surface area contributed by atoms with Crippen molar-refractivity contribution in [3.8, 4) is 0 Å². The smallest absolute Gasteiger partial charge is 0.306 e. The molecule has 2 N–H and O–H groups in total. The Labute approximate surface area is 116 Å². The highest BCUT2D eigenvalue weighted by Crippen LogP contribution is 2.15. The van der Waals surface area contributed by atoms with Crippen LogP contribution in [-0.2, 0) is 11.2 Å². The van der Waals surface area contributed by atoms with Gasteiger partial charge in [-0.2, -0.15) is 0 Å². The van der Waals surface area contributed by atoms with E-state index in [1.54, 1.807) is 6.92 Å². The van der Waals surface area contributed by atoms with E-state index in [-0.39, 0.29) is 17.5 Å². The molecule has 19 heavy (non-hydrogen) atoms. The molecule has 1 aromatic rings. The summed E-state index contributed by atoms with van der Waals surface area (Å²) in [5, 5.41) is 12.6. The maximum Gasteiger partial charge on any atom is 0.306 e. The van der Waals surface area contributed by atoms with Crippen LogP contribution in [0, 0.1) is 5.92 Å². The summed E-state index contributed by atoms with van der Waals surface area (Å²) in [6.07, 6.45) is 1.50. The number of hydrogen-bond donors (Lipinski definition) is 2. The SMILES string of the molecule is C[C@@H](C[C@H](Cc1ccccc1)NC(C)(C)C)C(=O)O. The molecule has 0 unspecified atom stereocenters. The molecule has 0 heterocycles. The van der Waals surface area contributed by atoms with Crippen LogP contribution in [0.3, 0.4) is 0 Å². The van der Waals surface area contributed by atoms with Gasteiger partial charge in [0.1, 0.15) is 0 Å². The zero-order valence-corrected chi connectivity index (χ0v) is 12.3. The van der Waals surface area contributed by atoms with Crippen LogP contribution in [0.5, 0.6) is 0 Å². The molecule has 2 atom stereocenters. The van der Waals surface area contributed by atoms with Crippen molar-refractivity contribution in [3.05, 3.63) is 35.9 Å². The molecular formula is C16H25NO2. The average molecular weight is 263 g/mol. The second-order valence-electron chi connectivity index (χ2n) is 6.26. The van der Waals surface area contributed by atoms with E-state index < -0.39 is 5.97 Å². The molecular weight excluding hydrogens is 238 g/mol. The Hall–Kier alpha value is -1.35. The monoisotopic (exact) mass is 263 g/mol. The molecule has 0 aliphatic heterocycles. The van der Waals surface area contributed by atoms with Crippen LogP contribution < -0.4 is 5.32 Å². The van der Waals surface area contributed by atoms with Crippen LogP contribution in [0.2, 0.25) is 0 Å². The molecule has 106 valence electrons. The molecule has 0 aromatic heterocycles. The Bertz CT molecular complexity index is 395. The van der Waals surface area contributed by atoms with Crippen molar-refractivity contribution >= 4 is 5.97 Å². The fraction of sp³-hybridized carbons (Fsp3) is 0.562. The first-order valence-electron chi connectivity index (χ1n) is 6.82. The van der Waals surface area contributed by atoms with Gasteiger partial charge in [0.25, 0.3) is 0 Å². The fourth-order valence-electron chi connectivity index (χ4n) is 2.23. The molecule has 0 spiro atoms. The molecule has 0 aliphatic rings. The minimum absolute atomic E-state index is 0.0162. The van der Waals surface area contributed by atoms with Crippen molar-refractivity contribution in [2.75, 3.05) is 0 Å². The molecule has 0 radical (unpaired) electrons. The van der Waals surface area contributed by atoms with Gasteiger partial charge in [0.05, 0.1) is 5.92 Å². The lowest BCUT2D eigenvalue weighted by molar-refractivity contribution is -0.141. The van der Waals surface area contributed by atoms with Gasteiger partial charge in [-0.05, 0) is 39.2 Å². The van der Waals surface area contributed by atoms with E-state index >= 15 is 0 Å². The van der Waals surface area contributed by atoms with Crippen LogP contribution in [0.15, 0.2) is 30.3 Å². The van der Waals surface area contributed by atoms with E-state index in [2.05, 4.69) is 38.2 Å². The van der Waals surface area contributed by atoms with E-state index in [0.717, 1.165) is 6.42 Å². The van der Waals surface area contributed by atoms with Crippen LogP contribution in [-0.4, -0.2) is 22.7 Å². The standard InChI is InChI=1S/C16H25NO2/c1-12(15(18)19)10-14(17-16(2,3)4)11-13-8-6-5-7-9-13/h5-9,12,14,17H,10-11H2,1-4H3,(H,18,19)/t12-,14+/m0/s1. The third-order valence-corrected chi connectivity index (χ3v) is 3.02. The van der Waals surface area contributed by atoms with Gasteiger partial charge in [-0.3, -0.25) is 4.79 Å². The summed E-state index contributed by atoms with van der Waals surface area (Å²) < 4.78 is 0. The van der Waals surface area contributed by atoms with Gasteiger partial charge in [0.15, 0.2) is 0 Å². The molecule has 0 saturated carbocycles. The Morgan fingerprint density at radius 3 is 2.32 bits per heavy atom. The van der Waals surface area contributed by atoms with E-state index in [9.17, 15) is 4.79 Å². The number of rotatable bonds is 6. The molecule has 3 nitrogen and oxygen atoms in total. The summed E-state index contributed by atoms with van der Waals surface area (Å²) in [6, 6.07) is 10.4. The summed E-state index contributed by atoms with van der Waals surface area (Å²) in [5.74, 6) is -1.06. The summed E-state index contributed by atoms with van der Waals surface area (Å²) in [7, 11) is 0. The van der Waals surface area contributed by atoms with Crippen LogP contribution in [0.4, 0.5) is 0 Å².